The van der Waals surface area contributed by atoms with Crippen molar-refractivity contribution >= 4 is 21.6 Å². The van der Waals surface area contributed by atoms with Gasteiger partial charge in [-0.1, -0.05) is 0 Å². The molecule has 3 rings (SSSR count). The first-order chi connectivity index (χ1) is 8.16. The SMILES string of the molecule is CC1(NCc2nc3ccsc3c(=O)[nH]2)CCC1. The molecule has 1 aliphatic rings. The first-order valence-electron chi connectivity index (χ1n) is 5.88. The zero-order chi connectivity index (χ0) is 11.9. The lowest BCUT2D eigenvalue weighted by Crippen LogP contribution is -2.47. The molecule has 0 atom stereocenters. The molecule has 4 nitrogen and oxygen atoms in total. The van der Waals surface area contributed by atoms with E-state index in [0.717, 1.165) is 11.3 Å². The topological polar surface area (TPSA) is 57.8 Å². The van der Waals surface area contributed by atoms with E-state index in [4.69, 9.17) is 0 Å². The van der Waals surface area contributed by atoms with Crippen molar-refractivity contribution in [3.05, 3.63) is 27.6 Å². The van der Waals surface area contributed by atoms with Gasteiger partial charge in [-0.05, 0) is 37.6 Å². The van der Waals surface area contributed by atoms with Crippen LogP contribution in [0.25, 0.3) is 10.2 Å². The average molecular weight is 249 g/mol. The van der Waals surface area contributed by atoms with Crippen LogP contribution in [-0.4, -0.2) is 15.5 Å². The standard InChI is InChI=1S/C12H15N3OS/c1-12(4-2-5-12)13-7-9-14-8-3-6-17-10(8)11(16)15-9/h3,6,13H,2,4-5,7H2,1H3,(H,14,15,16). The highest BCUT2D eigenvalue weighted by Gasteiger charge is 2.30. The van der Waals surface area contributed by atoms with Crippen molar-refractivity contribution in [2.24, 2.45) is 0 Å². The molecule has 2 aromatic rings. The highest BCUT2D eigenvalue weighted by atomic mass is 32.1. The van der Waals surface area contributed by atoms with Crippen LogP contribution in [0.15, 0.2) is 16.2 Å². The molecule has 0 amide bonds. The maximum Gasteiger partial charge on any atom is 0.268 e. The molecule has 0 aliphatic heterocycles. The molecule has 1 saturated carbocycles. The van der Waals surface area contributed by atoms with Crippen LogP contribution >= 0.6 is 11.3 Å². The van der Waals surface area contributed by atoms with E-state index in [1.807, 2.05) is 11.4 Å². The van der Waals surface area contributed by atoms with Gasteiger partial charge in [0.25, 0.3) is 5.56 Å². The molecule has 2 heterocycles. The van der Waals surface area contributed by atoms with Crippen LogP contribution in [0.2, 0.25) is 0 Å². The quantitative estimate of drug-likeness (QED) is 0.875. The van der Waals surface area contributed by atoms with Crippen LogP contribution in [0.1, 0.15) is 32.0 Å². The zero-order valence-electron chi connectivity index (χ0n) is 9.75. The minimum absolute atomic E-state index is 0.0273. The van der Waals surface area contributed by atoms with Gasteiger partial charge in [0.05, 0.1) is 12.1 Å². The van der Waals surface area contributed by atoms with Crippen LogP contribution in [0.5, 0.6) is 0 Å². The molecule has 2 aromatic heterocycles. The molecular weight excluding hydrogens is 234 g/mol. The highest BCUT2D eigenvalue weighted by Crippen LogP contribution is 2.31. The Morgan fingerprint density at radius 2 is 2.41 bits per heavy atom. The van der Waals surface area contributed by atoms with Crippen LogP contribution < -0.4 is 10.9 Å². The summed E-state index contributed by atoms with van der Waals surface area (Å²) >= 11 is 1.44. The second-order valence-electron chi connectivity index (χ2n) is 4.92. The summed E-state index contributed by atoms with van der Waals surface area (Å²) in [4.78, 5) is 19.0. The summed E-state index contributed by atoms with van der Waals surface area (Å²) in [6.45, 7) is 2.86. The molecule has 17 heavy (non-hydrogen) atoms. The van der Waals surface area contributed by atoms with Crippen molar-refractivity contribution in [3.8, 4) is 0 Å². The van der Waals surface area contributed by atoms with E-state index in [1.165, 1.54) is 30.6 Å². The minimum atomic E-state index is -0.0273. The summed E-state index contributed by atoms with van der Waals surface area (Å²) in [6, 6.07) is 1.89. The van der Waals surface area contributed by atoms with Crippen LogP contribution in [-0.2, 0) is 6.54 Å². The normalized spacial score (nSPS) is 18.2. The Bertz CT molecular complexity index is 597. The van der Waals surface area contributed by atoms with Gasteiger partial charge in [-0.25, -0.2) is 4.98 Å². The van der Waals surface area contributed by atoms with Crippen molar-refractivity contribution in [1.29, 1.82) is 0 Å². The fourth-order valence-electron chi connectivity index (χ4n) is 2.19. The van der Waals surface area contributed by atoms with Crippen molar-refractivity contribution in [2.45, 2.75) is 38.3 Å². The monoisotopic (exact) mass is 249 g/mol. The number of hydrogen-bond acceptors (Lipinski definition) is 4. The van der Waals surface area contributed by atoms with Crippen molar-refractivity contribution in [2.75, 3.05) is 0 Å². The molecule has 0 bridgehead atoms. The van der Waals surface area contributed by atoms with E-state index >= 15 is 0 Å². The van der Waals surface area contributed by atoms with Gasteiger partial charge in [-0.3, -0.25) is 4.79 Å². The number of hydrogen-bond donors (Lipinski definition) is 2. The molecule has 0 saturated heterocycles. The molecule has 1 fully saturated rings. The number of aromatic amines is 1. The summed E-state index contributed by atoms with van der Waals surface area (Å²) in [5.41, 5.74) is 1.01. The molecule has 1 aliphatic carbocycles. The lowest BCUT2D eigenvalue weighted by molar-refractivity contribution is 0.205. The van der Waals surface area contributed by atoms with Gasteiger partial charge >= 0.3 is 0 Å². The first-order valence-corrected chi connectivity index (χ1v) is 6.76. The Hall–Kier alpha value is -1.20. The van der Waals surface area contributed by atoms with Crippen molar-refractivity contribution in [3.63, 3.8) is 0 Å². The Morgan fingerprint density at radius 1 is 1.59 bits per heavy atom. The van der Waals surface area contributed by atoms with Gasteiger partial charge in [0, 0.05) is 5.54 Å². The number of nitrogens with one attached hydrogen (secondary N) is 2. The van der Waals surface area contributed by atoms with Gasteiger partial charge in [0.15, 0.2) is 0 Å². The second kappa shape index (κ2) is 3.92. The minimum Gasteiger partial charge on any atom is -0.308 e. The van der Waals surface area contributed by atoms with Crippen LogP contribution in [0.3, 0.4) is 0 Å². The molecule has 0 spiro atoms. The summed E-state index contributed by atoms with van der Waals surface area (Å²) < 4.78 is 0.712. The maximum absolute atomic E-state index is 11.8. The lowest BCUT2D eigenvalue weighted by atomic mass is 9.78. The molecule has 0 unspecified atom stereocenters. The van der Waals surface area contributed by atoms with E-state index in [9.17, 15) is 4.79 Å². The summed E-state index contributed by atoms with van der Waals surface area (Å²) in [5, 5.41) is 5.37. The number of fused-ring (bicyclic) bond motifs is 1. The number of aromatic nitrogens is 2. The second-order valence-corrected chi connectivity index (χ2v) is 5.83. The Labute approximate surface area is 103 Å². The van der Waals surface area contributed by atoms with Gasteiger partial charge in [0.1, 0.15) is 10.5 Å². The number of nitrogens with zero attached hydrogens (tertiary/aromatic N) is 1. The van der Waals surface area contributed by atoms with Gasteiger partial charge in [-0.2, -0.15) is 0 Å². The summed E-state index contributed by atoms with van der Waals surface area (Å²) in [7, 11) is 0. The number of H-pyrrole nitrogens is 1. The summed E-state index contributed by atoms with van der Waals surface area (Å²) in [5.74, 6) is 0.731. The molecule has 0 aromatic carbocycles. The molecule has 2 N–H and O–H groups in total. The van der Waals surface area contributed by atoms with Gasteiger partial charge in [0.2, 0.25) is 0 Å². The van der Waals surface area contributed by atoms with E-state index in [1.54, 1.807) is 0 Å². The van der Waals surface area contributed by atoms with Crippen molar-refractivity contribution < 1.29 is 0 Å². The zero-order valence-corrected chi connectivity index (χ0v) is 10.6. The Balaban J connectivity index is 1.83. The highest BCUT2D eigenvalue weighted by molar-refractivity contribution is 7.17. The van der Waals surface area contributed by atoms with Crippen LogP contribution in [0, 0.1) is 0 Å². The van der Waals surface area contributed by atoms with Crippen molar-refractivity contribution in [1.82, 2.24) is 15.3 Å². The third-order valence-corrected chi connectivity index (χ3v) is 4.41. The lowest BCUT2D eigenvalue weighted by Gasteiger charge is -2.39. The third-order valence-electron chi connectivity index (χ3n) is 3.50. The molecule has 5 heteroatoms. The predicted molar refractivity (Wildman–Crippen MR) is 69.3 cm³/mol. The van der Waals surface area contributed by atoms with E-state index in [-0.39, 0.29) is 11.1 Å². The number of rotatable bonds is 3. The maximum atomic E-state index is 11.8. The largest absolute Gasteiger partial charge is 0.308 e. The average Bonchev–Trinajstić information content (AvgIpc) is 2.72. The third kappa shape index (κ3) is 2.00. The van der Waals surface area contributed by atoms with E-state index in [0.29, 0.717) is 11.2 Å². The number of thiophene rings is 1. The van der Waals surface area contributed by atoms with Gasteiger partial charge < -0.3 is 10.3 Å². The molecule has 90 valence electrons. The molecular formula is C12H15N3OS. The fraction of sp³-hybridized carbons (Fsp3) is 0.500. The van der Waals surface area contributed by atoms with E-state index < -0.39 is 0 Å². The predicted octanol–water partition coefficient (Wildman–Crippen LogP) is 2.02. The van der Waals surface area contributed by atoms with Gasteiger partial charge in [-0.15, -0.1) is 11.3 Å². The Morgan fingerprint density at radius 3 is 3.12 bits per heavy atom. The smallest absolute Gasteiger partial charge is 0.268 e. The first kappa shape index (κ1) is 10.9. The van der Waals surface area contributed by atoms with Crippen LogP contribution in [0.4, 0.5) is 0 Å². The molecule has 0 radical (unpaired) electrons. The fourth-order valence-corrected chi connectivity index (χ4v) is 2.91. The van der Waals surface area contributed by atoms with E-state index in [2.05, 4.69) is 22.2 Å². The Kier molecular flexibility index (Phi) is 2.52. The summed E-state index contributed by atoms with van der Waals surface area (Å²) in [6.07, 6.45) is 3.70.